The third-order valence-corrected chi connectivity index (χ3v) is 5.44. The largest absolute Gasteiger partial charge is 0.375 e. The molecule has 0 aromatic rings. The molecule has 3 saturated heterocycles. The molecule has 3 atom stereocenters. The molecule has 3 unspecified atom stereocenters. The number of ether oxygens (including phenoxy) is 2. The number of guanidine groups is 1. The van der Waals surface area contributed by atoms with Crippen LogP contribution in [0, 0.1) is 5.92 Å². The first-order chi connectivity index (χ1) is 11.8. The molecule has 0 aromatic carbocycles. The van der Waals surface area contributed by atoms with E-state index in [4.69, 9.17) is 9.47 Å². The number of likely N-dealkylation sites (tertiary alicyclic amines) is 1. The van der Waals surface area contributed by atoms with Crippen molar-refractivity contribution in [3.8, 4) is 0 Å². The Morgan fingerprint density at radius 1 is 1.12 bits per heavy atom. The summed E-state index contributed by atoms with van der Waals surface area (Å²) in [4.78, 5) is 9.43. The molecule has 0 saturated carbocycles. The minimum Gasteiger partial charge on any atom is -0.375 e. The minimum absolute atomic E-state index is 0.186. The smallest absolute Gasteiger partial charge is 0.193 e. The molecule has 3 fully saturated rings. The van der Waals surface area contributed by atoms with Crippen LogP contribution in [0.4, 0.5) is 0 Å². The van der Waals surface area contributed by atoms with Gasteiger partial charge < -0.3 is 24.6 Å². The average Bonchev–Trinajstić information content (AvgIpc) is 3.28. The molecule has 0 amide bonds. The van der Waals surface area contributed by atoms with Crippen molar-refractivity contribution in [3.63, 3.8) is 0 Å². The van der Waals surface area contributed by atoms with Gasteiger partial charge in [0, 0.05) is 39.8 Å². The van der Waals surface area contributed by atoms with E-state index in [1.165, 1.54) is 32.5 Å². The molecular formula is C18H34N4O2. The Balaban J connectivity index is 1.45. The van der Waals surface area contributed by atoms with Crippen LogP contribution in [-0.4, -0.2) is 87.5 Å². The predicted molar refractivity (Wildman–Crippen MR) is 96.5 cm³/mol. The van der Waals surface area contributed by atoms with Crippen molar-refractivity contribution in [2.75, 3.05) is 59.5 Å². The van der Waals surface area contributed by atoms with Crippen molar-refractivity contribution in [1.29, 1.82) is 0 Å². The van der Waals surface area contributed by atoms with Gasteiger partial charge in [-0.1, -0.05) is 6.92 Å². The molecule has 6 nitrogen and oxygen atoms in total. The van der Waals surface area contributed by atoms with Gasteiger partial charge >= 0.3 is 0 Å². The van der Waals surface area contributed by atoms with Crippen LogP contribution >= 0.6 is 0 Å². The molecule has 0 bridgehead atoms. The second-order valence-electron chi connectivity index (χ2n) is 7.29. The van der Waals surface area contributed by atoms with Crippen LogP contribution in [0.15, 0.2) is 4.99 Å². The van der Waals surface area contributed by atoms with Gasteiger partial charge in [-0.15, -0.1) is 0 Å². The first kappa shape index (κ1) is 18.0. The van der Waals surface area contributed by atoms with E-state index in [0.29, 0.717) is 0 Å². The standard InChI is InChI=1S/C18H34N4O2/c1-3-7-21-8-6-15(13-21)12-20-18(19-2)22-9-11-24-17(14-22)16-5-4-10-23-16/h15-17H,3-14H2,1-2H3,(H,19,20). The zero-order chi connectivity index (χ0) is 16.8. The maximum absolute atomic E-state index is 5.95. The van der Waals surface area contributed by atoms with E-state index in [9.17, 15) is 0 Å². The van der Waals surface area contributed by atoms with Gasteiger partial charge in [0.1, 0.15) is 6.10 Å². The summed E-state index contributed by atoms with van der Waals surface area (Å²) >= 11 is 0. The minimum atomic E-state index is 0.186. The van der Waals surface area contributed by atoms with Crippen LogP contribution in [0.5, 0.6) is 0 Å². The molecule has 24 heavy (non-hydrogen) atoms. The summed E-state index contributed by atoms with van der Waals surface area (Å²) in [5, 5.41) is 3.61. The number of hydrogen-bond acceptors (Lipinski definition) is 4. The molecule has 6 heteroatoms. The van der Waals surface area contributed by atoms with E-state index in [-0.39, 0.29) is 12.2 Å². The van der Waals surface area contributed by atoms with Crippen molar-refractivity contribution in [2.24, 2.45) is 10.9 Å². The van der Waals surface area contributed by atoms with Crippen LogP contribution in [-0.2, 0) is 9.47 Å². The fourth-order valence-electron chi connectivity index (χ4n) is 4.16. The molecular weight excluding hydrogens is 304 g/mol. The highest BCUT2D eigenvalue weighted by Gasteiger charge is 2.32. The molecule has 0 aromatic heterocycles. The topological polar surface area (TPSA) is 49.3 Å². The Morgan fingerprint density at radius 2 is 2.00 bits per heavy atom. The van der Waals surface area contributed by atoms with Crippen LogP contribution < -0.4 is 5.32 Å². The lowest BCUT2D eigenvalue weighted by Crippen LogP contribution is -2.53. The lowest BCUT2D eigenvalue weighted by atomic mass is 10.1. The summed E-state index contributed by atoms with van der Waals surface area (Å²) in [6.07, 6.45) is 5.29. The molecule has 1 N–H and O–H groups in total. The Morgan fingerprint density at radius 3 is 2.75 bits per heavy atom. The quantitative estimate of drug-likeness (QED) is 0.602. The molecule has 3 aliphatic rings. The highest BCUT2D eigenvalue weighted by Crippen LogP contribution is 2.21. The fourth-order valence-corrected chi connectivity index (χ4v) is 4.16. The lowest BCUT2D eigenvalue weighted by Gasteiger charge is -2.37. The Kier molecular flexibility index (Phi) is 6.75. The summed E-state index contributed by atoms with van der Waals surface area (Å²) in [5.74, 6) is 1.76. The van der Waals surface area contributed by atoms with Gasteiger partial charge in [-0.25, -0.2) is 0 Å². The van der Waals surface area contributed by atoms with Gasteiger partial charge in [0.15, 0.2) is 5.96 Å². The van der Waals surface area contributed by atoms with Crippen LogP contribution in [0.2, 0.25) is 0 Å². The number of morpholine rings is 1. The molecule has 138 valence electrons. The van der Waals surface area contributed by atoms with Gasteiger partial charge in [0.05, 0.1) is 12.7 Å². The summed E-state index contributed by atoms with van der Waals surface area (Å²) in [7, 11) is 1.89. The van der Waals surface area contributed by atoms with Crippen LogP contribution in [0.25, 0.3) is 0 Å². The Hall–Kier alpha value is -0.850. The van der Waals surface area contributed by atoms with E-state index < -0.39 is 0 Å². The van der Waals surface area contributed by atoms with Gasteiger partial charge in [-0.05, 0) is 44.7 Å². The number of nitrogens with one attached hydrogen (secondary N) is 1. The van der Waals surface area contributed by atoms with Crippen molar-refractivity contribution in [1.82, 2.24) is 15.1 Å². The van der Waals surface area contributed by atoms with Gasteiger partial charge in [-0.3, -0.25) is 4.99 Å². The van der Waals surface area contributed by atoms with E-state index >= 15 is 0 Å². The van der Waals surface area contributed by atoms with Crippen molar-refractivity contribution in [2.45, 2.75) is 44.8 Å². The van der Waals surface area contributed by atoms with E-state index in [2.05, 4.69) is 27.0 Å². The summed E-state index contributed by atoms with van der Waals surface area (Å²) in [6.45, 7) is 10.4. The molecule has 0 radical (unpaired) electrons. The average molecular weight is 338 g/mol. The van der Waals surface area contributed by atoms with Crippen LogP contribution in [0.3, 0.4) is 0 Å². The number of nitrogens with zero attached hydrogens (tertiary/aromatic N) is 3. The second-order valence-corrected chi connectivity index (χ2v) is 7.29. The zero-order valence-corrected chi connectivity index (χ0v) is 15.4. The first-order valence-electron chi connectivity index (χ1n) is 9.71. The maximum Gasteiger partial charge on any atom is 0.193 e. The molecule has 3 aliphatic heterocycles. The number of hydrogen-bond donors (Lipinski definition) is 1. The summed E-state index contributed by atoms with van der Waals surface area (Å²) < 4.78 is 11.8. The van der Waals surface area contributed by atoms with Gasteiger partial charge in [-0.2, -0.15) is 0 Å². The molecule has 0 spiro atoms. The fraction of sp³-hybridized carbons (Fsp3) is 0.944. The second kappa shape index (κ2) is 9.02. The normalized spacial score (nSPS) is 32.5. The Bertz CT molecular complexity index is 412. The van der Waals surface area contributed by atoms with Crippen molar-refractivity contribution < 1.29 is 9.47 Å². The van der Waals surface area contributed by atoms with E-state index in [1.807, 2.05) is 7.05 Å². The lowest BCUT2D eigenvalue weighted by molar-refractivity contribution is -0.0817. The van der Waals surface area contributed by atoms with E-state index in [1.54, 1.807) is 0 Å². The van der Waals surface area contributed by atoms with Crippen molar-refractivity contribution in [3.05, 3.63) is 0 Å². The molecule has 3 rings (SSSR count). The van der Waals surface area contributed by atoms with E-state index in [0.717, 1.165) is 57.6 Å². The highest BCUT2D eigenvalue weighted by atomic mass is 16.5. The van der Waals surface area contributed by atoms with Crippen LogP contribution in [0.1, 0.15) is 32.6 Å². The van der Waals surface area contributed by atoms with Gasteiger partial charge in [0.2, 0.25) is 0 Å². The van der Waals surface area contributed by atoms with Gasteiger partial charge in [0.25, 0.3) is 0 Å². The van der Waals surface area contributed by atoms with Crippen molar-refractivity contribution >= 4 is 5.96 Å². The first-order valence-corrected chi connectivity index (χ1v) is 9.71. The monoisotopic (exact) mass is 338 g/mol. The highest BCUT2D eigenvalue weighted by molar-refractivity contribution is 5.80. The molecule has 0 aliphatic carbocycles. The number of rotatable bonds is 5. The maximum atomic E-state index is 5.95. The number of aliphatic imine (C=N–C) groups is 1. The Labute approximate surface area is 146 Å². The summed E-state index contributed by atoms with van der Waals surface area (Å²) in [5.41, 5.74) is 0. The predicted octanol–water partition coefficient (Wildman–Crippen LogP) is 1.17. The summed E-state index contributed by atoms with van der Waals surface area (Å²) in [6, 6.07) is 0. The molecule has 3 heterocycles. The zero-order valence-electron chi connectivity index (χ0n) is 15.4. The SMILES string of the molecule is CCCN1CCC(CNC(=NC)N2CCOC(C3CCCO3)C2)C1. The third-order valence-electron chi connectivity index (χ3n) is 5.44. The third kappa shape index (κ3) is 4.61.